The molecule has 0 aromatic carbocycles. The number of rotatable bonds is 3. The highest BCUT2D eigenvalue weighted by Crippen LogP contribution is 2.10. The summed E-state index contributed by atoms with van der Waals surface area (Å²) in [6.45, 7) is 6.55. The molecular weight excluding hydrogens is 152 g/mol. The number of aromatic nitrogens is 2. The van der Waals surface area contributed by atoms with Gasteiger partial charge in [0.15, 0.2) is 0 Å². The quantitative estimate of drug-likeness (QED) is 0.740. The van der Waals surface area contributed by atoms with E-state index in [1.54, 1.807) is 11.6 Å². The molecule has 0 aliphatic carbocycles. The first-order chi connectivity index (χ1) is 5.59. The van der Waals surface area contributed by atoms with Crippen molar-refractivity contribution in [2.75, 3.05) is 0 Å². The standard InChI is InChI=1S/C9H16N2O/c1-7(2)9-4-5-11(10-9)6-8(3)12/h4-5,7-8,12H,6H2,1-3H3/t8-/m1/s1. The molecule has 3 nitrogen and oxygen atoms in total. The molecule has 0 spiro atoms. The van der Waals surface area contributed by atoms with Gasteiger partial charge in [0.05, 0.1) is 18.3 Å². The lowest BCUT2D eigenvalue weighted by atomic mass is 10.1. The lowest BCUT2D eigenvalue weighted by Crippen LogP contribution is -2.12. The summed E-state index contributed by atoms with van der Waals surface area (Å²) in [6.07, 6.45) is 1.58. The van der Waals surface area contributed by atoms with Crippen molar-refractivity contribution in [1.82, 2.24) is 9.78 Å². The van der Waals surface area contributed by atoms with Gasteiger partial charge in [-0.2, -0.15) is 5.10 Å². The Bertz CT molecular complexity index is 240. The van der Waals surface area contributed by atoms with Gasteiger partial charge in [-0.3, -0.25) is 4.68 Å². The molecule has 0 aliphatic heterocycles. The zero-order valence-corrected chi connectivity index (χ0v) is 7.86. The average molecular weight is 168 g/mol. The van der Waals surface area contributed by atoms with Crippen LogP contribution >= 0.6 is 0 Å². The molecule has 1 aromatic rings. The second kappa shape index (κ2) is 3.72. The number of aliphatic hydroxyl groups is 1. The maximum Gasteiger partial charge on any atom is 0.0708 e. The van der Waals surface area contributed by atoms with E-state index < -0.39 is 0 Å². The molecule has 1 N–H and O–H groups in total. The molecule has 0 unspecified atom stereocenters. The van der Waals surface area contributed by atoms with Crippen LogP contribution in [0.15, 0.2) is 12.3 Å². The van der Waals surface area contributed by atoms with Crippen molar-refractivity contribution in [3.8, 4) is 0 Å². The van der Waals surface area contributed by atoms with Gasteiger partial charge in [-0.1, -0.05) is 13.8 Å². The molecule has 3 heteroatoms. The number of hydrogen-bond donors (Lipinski definition) is 1. The van der Waals surface area contributed by atoms with Crippen LogP contribution in [0.2, 0.25) is 0 Å². The van der Waals surface area contributed by atoms with Gasteiger partial charge >= 0.3 is 0 Å². The molecule has 0 amide bonds. The first-order valence-corrected chi connectivity index (χ1v) is 4.31. The van der Waals surface area contributed by atoms with Crippen LogP contribution in [-0.4, -0.2) is 21.0 Å². The zero-order chi connectivity index (χ0) is 9.14. The molecule has 12 heavy (non-hydrogen) atoms. The van der Waals surface area contributed by atoms with Crippen molar-refractivity contribution in [3.05, 3.63) is 18.0 Å². The molecule has 0 saturated carbocycles. The minimum atomic E-state index is -0.329. The summed E-state index contributed by atoms with van der Waals surface area (Å²) in [7, 11) is 0. The third kappa shape index (κ3) is 2.34. The maximum atomic E-state index is 9.09. The zero-order valence-electron chi connectivity index (χ0n) is 7.86. The summed E-state index contributed by atoms with van der Waals surface area (Å²) in [5, 5.41) is 13.4. The molecule has 0 saturated heterocycles. The molecule has 0 fully saturated rings. The predicted molar refractivity (Wildman–Crippen MR) is 48.0 cm³/mol. The van der Waals surface area contributed by atoms with E-state index >= 15 is 0 Å². The molecule has 0 aliphatic rings. The van der Waals surface area contributed by atoms with Crippen LogP contribution < -0.4 is 0 Å². The molecule has 1 rings (SSSR count). The summed E-state index contributed by atoms with van der Waals surface area (Å²) in [5.41, 5.74) is 1.08. The van der Waals surface area contributed by atoms with Crippen LogP contribution in [0, 0.1) is 0 Å². The van der Waals surface area contributed by atoms with E-state index in [0.29, 0.717) is 12.5 Å². The fraction of sp³-hybridized carbons (Fsp3) is 0.667. The topological polar surface area (TPSA) is 38.0 Å². The highest BCUT2D eigenvalue weighted by atomic mass is 16.3. The van der Waals surface area contributed by atoms with E-state index in [9.17, 15) is 0 Å². The van der Waals surface area contributed by atoms with Crippen molar-refractivity contribution in [2.45, 2.75) is 39.3 Å². The molecule has 0 radical (unpaired) electrons. The van der Waals surface area contributed by atoms with Crippen molar-refractivity contribution >= 4 is 0 Å². The third-order valence-electron chi connectivity index (χ3n) is 1.70. The Hall–Kier alpha value is -0.830. The molecule has 1 atom stereocenters. The van der Waals surface area contributed by atoms with Crippen molar-refractivity contribution in [1.29, 1.82) is 0 Å². The molecular formula is C9H16N2O. The van der Waals surface area contributed by atoms with Gasteiger partial charge in [0.2, 0.25) is 0 Å². The van der Waals surface area contributed by atoms with Crippen LogP contribution in [0.1, 0.15) is 32.4 Å². The van der Waals surface area contributed by atoms with Gasteiger partial charge in [-0.05, 0) is 18.9 Å². The summed E-state index contributed by atoms with van der Waals surface area (Å²) in [6, 6.07) is 1.99. The highest BCUT2D eigenvalue weighted by molar-refractivity contribution is 5.03. The summed E-state index contributed by atoms with van der Waals surface area (Å²) in [4.78, 5) is 0. The van der Waals surface area contributed by atoms with E-state index in [1.165, 1.54) is 0 Å². The molecule has 0 bridgehead atoms. The van der Waals surface area contributed by atoms with Gasteiger partial charge in [0.1, 0.15) is 0 Å². The average Bonchev–Trinajstić information content (AvgIpc) is 2.34. The van der Waals surface area contributed by atoms with Crippen LogP contribution in [0.25, 0.3) is 0 Å². The highest BCUT2D eigenvalue weighted by Gasteiger charge is 2.04. The fourth-order valence-electron chi connectivity index (χ4n) is 1.06. The van der Waals surface area contributed by atoms with Gasteiger partial charge in [0.25, 0.3) is 0 Å². The predicted octanol–water partition coefficient (Wildman–Crippen LogP) is 1.39. The lowest BCUT2D eigenvalue weighted by Gasteiger charge is -2.03. The van der Waals surface area contributed by atoms with Gasteiger partial charge in [-0.25, -0.2) is 0 Å². The second-order valence-electron chi connectivity index (χ2n) is 3.47. The van der Waals surface area contributed by atoms with E-state index in [0.717, 1.165) is 5.69 Å². The summed E-state index contributed by atoms with van der Waals surface area (Å²) < 4.78 is 1.78. The lowest BCUT2D eigenvalue weighted by molar-refractivity contribution is 0.168. The monoisotopic (exact) mass is 168 g/mol. The largest absolute Gasteiger partial charge is 0.391 e. The van der Waals surface area contributed by atoms with E-state index in [2.05, 4.69) is 18.9 Å². The molecule has 1 aromatic heterocycles. The molecule has 1 heterocycles. The smallest absolute Gasteiger partial charge is 0.0708 e. The first-order valence-electron chi connectivity index (χ1n) is 4.31. The third-order valence-corrected chi connectivity index (χ3v) is 1.70. The Kier molecular flexibility index (Phi) is 2.87. The number of aliphatic hydroxyl groups excluding tert-OH is 1. The van der Waals surface area contributed by atoms with E-state index in [4.69, 9.17) is 5.11 Å². The van der Waals surface area contributed by atoms with Crippen molar-refractivity contribution < 1.29 is 5.11 Å². The molecule has 68 valence electrons. The van der Waals surface area contributed by atoms with Crippen LogP contribution in [0.5, 0.6) is 0 Å². The van der Waals surface area contributed by atoms with Gasteiger partial charge in [0, 0.05) is 6.20 Å². The van der Waals surface area contributed by atoms with Crippen molar-refractivity contribution in [2.24, 2.45) is 0 Å². The minimum Gasteiger partial charge on any atom is -0.391 e. The van der Waals surface area contributed by atoms with Crippen LogP contribution in [-0.2, 0) is 6.54 Å². The van der Waals surface area contributed by atoms with E-state index in [-0.39, 0.29) is 6.10 Å². The minimum absolute atomic E-state index is 0.329. The van der Waals surface area contributed by atoms with Crippen molar-refractivity contribution in [3.63, 3.8) is 0 Å². The first kappa shape index (κ1) is 9.26. The van der Waals surface area contributed by atoms with Gasteiger partial charge in [-0.15, -0.1) is 0 Å². The van der Waals surface area contributed by atoms with Gasteiger partial charge < -0.3 is 5.11 Å². The SMILES string of the molecule is CC(C)c1ccn(C[C@@H](C)O)n1. The van der Waals surface area contributed by atoms with Crippen LogP contribution in [0.4, 0.5) is 0 Å². The van der Waals surface area contributed by atoms with Crippen LogP contribution in [0.3, 0.4) is 0 Å². The summed E-state index contributed by atoms with van der Waals surface area (Å²) >= 11 is 0. The number of hydrogen-bond acceptors (Lipinski definition) is 2. The Balaban J connectivity index is 2.64. The van der Waals surface area contributed by atoms with E-state index in [1.807, 2.05) is 12.3 Å². The fourth-order valence-corrected chi connectivity index (χ4v) is 1.06. The number of nitrogens with zero attached hydrogens (tertiary/aromatic N) is 2. The second-order valence-corrected chi connectivity index (χ2v) is 3.47. The summed E-state index contributed by atoms with van der Waals surface area (Å²) in [5.74, 6) is 0.459. The maximum absolute atomic E-state index is 9.09. The normalized spacial score (nSPS) is 13.8. The Morgan fingerprint density at radius 1 is 1.50 bits per heavy atom. The Morgan fingerprint density at radius 2 is 2.17 bits per heavy atom. The Morgan fingerprint density at radius 3 is 2.58 bits per heavy atom. The Labute approximate surface area is 73.0 Å².